The normalized spacial score (nSPS) is 16.9. The molecule has 0 unspecified atom stereocenters. The van der Waals surface area contributed by atoms with E-state index in [1.54, 1.807) is 6.26 Å². The van der Waals surface area contributed by atoms with Gasteiger partial charge in [0.2, 0.25) is 0 Å². The molecule has 1 aliphatic rings. The van der Waals surface area contributed by atoms with E-state index in [1.807, 2.05) is 12.1 Å². The van der Waals surface area contributed by atoms with Gasteiger partial charge in [0.15, 0.2) is 0 Å². The maximum absolute atomic E-state index is 7.63. The zero-order valence-corrected chi connectivity index (χ0v) is 7.62. The Bertz CT molecular complexity index is 279. The van der Waals surface area contributed by atoms with Gasteiger partial charge in [0.1, 0.15) is 5.76 Å². The van der Waals surface area contributed by atoms with Crippen LogP contribution in [0.5, 0.6) is 0 Å². The van der Waals surface area contributed by atoms with Crippen molar-refractivity contribution in [1.29, 1.82) is 5.41 Å². The maximum atomic E-state index is 7.63. The molecular weight excluding hydrogens is 164 g/mol. The van der Waals surface area contributed by atoms with Crippen LogP contribution in [0.1, 0.15) is 18.6 Å². The van der Waals surface area contributed by atoms with Crippen molar-refractivity contribution in [3.63, 3.8) is 0 Å². The molecule has 0 aromatic carbocycles. The van der Waals surface area contributed by atoms with Gasteiger partial charge in [-0.1, -0.05) is 0 Å². The van der Waals surface area contributed by atoms with Gasteiger partial charge in [0.05, 0.1) is 12.1 Å². The van der Waals surface area contributed by atoms with Crippen molar-refractivity contribution in [3.8, 4) is 0 Å². The summed E-state index contributed by atoms with van der Waals surface area (Å²) in [6, 6.07) is 3.89. The Morgan fingerprint density at radius 2 is 2.46 bits per heavy atom. The number of rotatable bonds is 3. The predicted octanol–water partition coefficient (Wildman–Crippen LogP) is 1.90. The summed E-state index contributed by atoms with van der Waals surface area (Å²) in [5, 5.41) is 7.63. The molecule has 2 rings (SSSR count). The molecule has 1 N–H and O–H groups in total. The minimum atomic E-state index is 0.784. The molecule has 0 aliphatic carbocycles. The first kappa shape index (κ1) is 8.35. The molecule has 1 aromatic rings. The van der Waals surface area contributed by atoms with Crippen molar-refractivity contribution in [3.05, 3.63) is 24.2 Å². The van der Waals surface area contributed by atoms with Gasteiger partial charge in [-0.3, -0.25) is 5.41 Å². The van der Waals surface area contributed by atoms with E-state index in [0.717, 1.165) is 43.9 Å². The second-order valence-corrected chi connectivity index (χ2v) is 3.37. The third-order valence-corrected chi connectivity index (χ3v) is 2.43. The molecule has 1 aromatic heterocycles. The molecular formula is C10H14N2O. The summed E-state index contributed by atoms with van der Waals surface area (Å²) in [6.07, 6.45) is 4.69. The minimum absolute atomic E-state index is 0.784. The monoisotopic (exact) mass is 178 g/mol. The van der Waals surface area contributed by atoms with Crippen molar-refractivity contribution < 1.29 is 4.42 Å². The van der Waals surface area contributed by atoms with Crippen LogP contribution in [0.4, 0.5) is 0 Å². The van der Waals surface area contributed by atoms with E-state index in [-0.39, 0.29) is 0 Å². The highest BCUT2D eigenvalue weighted by molar-refractivity contribution is 5.80. The van der Waals surface area contributed by atoms with E-state index in [2.05, 4.69) is 4.90 Å². The van der Waals surface area contributed by atoms with Crippen LogP contribution in [0.2, 0.25) is 0 Å². The SMILES string of the molecule is N=C1CCCN1CCc1ccco1. The topological polar surface area (TPSA) is 40.2 Å². The van der Waals surface area contributed by atoms with Crippen LogP contribution < -0.4 is 0 Å². The molecule has 0 saturated carbocycles. The fourth-order valence-corrected chi connectivity index (χ4v) is 1.68. The van der Waals surface area contributed by atoms with Gasteiger partial charge in [-0.15, -0.1) is 0 Å². The van der Waals surface area contributed by atoms with Crippen molar-refractivity contribution in [2.75, 3.05) is 13.1 Å². The van der Waals surface area contributed by atoms with Gasteiger partial charge in [-0.2, -0.15) is 0 Å². The number of nitrogens with zero attached hydrogens (tertiary/aromatic N) is 1. The Morgan fingerprint density at radius 1 is 1.54 bits per heavy atom. The molecule has 2 heterocycles. The second-order valence-electron chi connectivity index (χ2n) is 3.37. The van der Waals surface area contributed by atoms with Crippen LogP contribution in [-0.2, 0) is 6.42 Å². The Labute approximate surface area is 77.9 Å². The predicted molar refractivity (Wildman–Crippen MR) is 50.9 cm³/mol. The highest BCUT2D eigenvalue weighted by Crippen LogP contribution is 2.11. The molecule has 1 aliphatic heterocycles. The maximum Gasteiger partial charge on any atom is 0.105 e. The lowest BCUT2D eigenvalue weighted by Crippen LogP contribution is -2.26. The van der Waals surface area contributed by atoms with E-state index in [4.69, 9.17) is 9.83 Å². The summed E-state index contributed by atoms with van der Waals surface area (Å²) >= 11 is 0. The Hall–Kier alpha value is -1.25. The standard InChI is InChI=1S/C10H14N2O/c11-10-4-1-6-12(10)7-5-9-3-2-8-13-9/h2-3,8,11H,1,4-7H2. The zero-order chi connectivity index (χ0) is 9.10. The Kier molecular flexibility index (Phi) is 2.34. The third-order valence-electron chi connectivity index (χ3n) is 2.43. The second kappa shape index (κ2) is 3.64. The third kappa shape index (κ3) is 1.91. The largest absolute Gasteiger partial charge is 0.469 e. The highest BCUT2D eigenvalue weighted by Gasteiger charge is 2.16. The van der Waals surface area contributed by atoms with Crippen molar-refractivity contribution in [1.82, 2.24) is 4.90 Å². The lowest BCUT2D eigenvalue weighted by molar-refractivity contribution is 0.422. The van der Waals surface area contributed by atoms with Crippen LogP contribution in [0, 0.1) is 5.41 Å². The number of furan rings is 1. The van der Waals surface area contributed by atoms with Crippen LogP contribution in [-0.4, -0.2) is 23.8 Å². The van der Waals surface area contributed by atoms with Gasteiger partial charge >= 0.3 is 0 Å². The van der Waals surface area contributed by atoms with Crippen LogP contribution in [0.25, 0.3) is 0 Å². The van der Waals surface area contributed by atoms with Crippen molar-refractivity contribution in [2.24, 2.45) is 0 Å². The molecule has 0 spiro atoms. The van der Waals surface area contributed by atoms with Crippen molar-refractivity contribution >= 4 is 5.84 Å². The number of amidine groups is 1. The summed E-state index contributed by atoms with van der Waals surface area (Å²) in [6.45, 7) is 1.96. The summed E-state index contributed by atoms with van der Waals surface area (Å²) in [5.41, 5.74) is 0. The summed E-state index contributed by atoms with van der Waals surface area (Å²) in [4.78, 5) is 2.13. The van der Waals surface area contributed by atoms with E-state index in [9.17, 15) is 0 Å². The van der Waals surface area contributed by atoms with Crippen LogP contribution in [0.15, 0.2) is 22.8 Å². The minimum Gasteiger partial charge on any atom is -0.469 e. The van der Waals surface area contributed by atoms with Crippen molar-refractivity contribution in [2.45, 2.75) is 19.3 Å². The fourth-order valence-electron chi connectivity index (χ4n) is 1.68. The van der Waals surface area contributed by atoms with E-state index in [0.29, 0.717) is 0 Å². The molecule has 3 heteroatoms. The molecule has 70 valence electrons. The molecule has 1 saturated heterocycles. The highest BCUT2D eigenvalue weighted by atomic mass is 16.3. The molecule has 0 atom stereocenters. The average Bonchev–Trinajstić information content (AvgIpc) is 2.72. The first-order chi connectivity index (χ1) is 6.36. The number of hydrogen-bond acceptors (Lipinski definition) is 2. The number of likely N-dealkylation sites (tertiary alicyclic amines) is 1. The summed E-state index contributed by atoms with van der Waals surface area (Å²) < 4.78 is 5.23. The molecule has 0 bridgehead atoms. The molecule has 3 nitrogen and oxygen atoms in total. The summed E-state index contributed by atoms with van der Waals surface area (Å²) in [7, 11) is 0. The Morgan fingerprint density at radius 3 is 3.08 bits per heavy atom. The molecule has 0 amide bonds. The first-order valence-electron chi connectivity index (χ1n) is 4.71. The van der Waals surface area contributed by atoms with E-state index >= 15 is 0 Å². The molecule has 13 heavy (non-hydrogen) atoms. The van der Waals surface area contributed by atoms with Gasteiger partial charge in [0, 0.05) is 25.9 Å². The smallest absolute Gasteiger partial charge is 0.105 e. The Balaban J connectivity index is 1.82. The fraction of sp³-hybridized carbons (Fsp3) is 0.500. The average molecular weight is 178 g/mol. The van der Waals surface area contributed by atoms with Gasteiger partial charge < -0.3 is 9.32 Å². The van der Waals surface area contributed by atoms with Crippen LogP contribution >= 0.6 is 0 Å². The zero-order valence-electron chi connectivity index (χ0n) is 7.62. The quantitative estimate of drug-likeness (QED) is 0.767. The lowest BCUT2D eigenvalue weighted by Gasteiger charge is -2.16. The van der Waals surface area contributed by atoms with Gasteiger partial charge in [0.25, 0.3) is 0 Å². The summed E-state index contributed by atoms with van der Waals surface area (Å²) in [5.74, 6) is 1.80. The van der Waals surface area contributed by atoms with E-state index < -0.39 is 0 Å². The number of nitrogens with one attached hydrogen (secondary N) is 1. The molecule has 1 fully saturated rings. The van der Waals surface area contributed by atoms with Crippen LogP contribution in [0.3, 0.4) is 0 Å². The first-order valence-corrected chi connectivity index (χ1v) is 4.71. The number of hydrogen-bond donors (Lipinski definition) is 1. The van der Waals surface area contributed by atoms with Gasteiger partial charge in [-0.25, -0.2) is 0 Å². The van der Waals surface area contributed by atoms with Gasteiger partial charge in [-0.05, 0) is 18.6 Å². The van der Waals surface area contributed by atoms with E-state index in [1.165, 1.54) is 0 Å². The lowest BCUT2D eigenvalue weighted by atomic mass is 10.3. The molecule has 0 radical (unpaired) electrons.